The van der Waals surface area contributed by atoms with Crippen LogP contribution in [0.3, 0.4) is 0 Å². The molecule has 0 amide bonds. The number of piperidine rings is 1. The van der Waals surface area contributed by atoms with E-state index in [2.05, 4.69) is 27.2 Å². The van der Waals surface area contributed by atoms with Gasteiger partial charge in [0.15, 0.2) is 0 Å². The van der Waals surface area contributed by atoms with E-state index in [1.54, 1.807) is 18.5 Å². The van der Waals surface area contributed by atoms with Gasteiger partial charge in [-0.05, 0) is 72.3 Å². The normalized spacial score (nSPS) is 25.3. The van der Waals surface area contributed by atoms with Gasteiger partial charge in [0.25, 0.3) is 0 Å². The minimum atomic E-state index is -4.74. The van der Waals surface area contributed by atoms with Gasteiger partial charge in [0.2, 0.25) is 0 Å². The van der Waals surface area contributed by atoms with E-state index in [-0.39, 0.29) is 17.7 Å². The Morgan fingerprint density at radius 2 is 1.82 bits per heavy atom. The van der Waals surface area contributed by atoms with Crippen LogP contribution in [-0.2, 0) is 4.74 Å². The summed E-state index contributed by atoms with van der Waals surface area (Å²) in [5.74, 6) is -0.270. The van der Waals surface area contributed by atoms with Crippen molar-refractivity contribution in [2.75, 3.05) is 13.2 Å². The molecule has 0 saturated carbocycles. The first-order chi connectivity index (χ1) is 15.9. The van der Waals surface area contributed by atoms with Crippen LogP contribution in [0.5, 0.6) is 5.75 Å². The zero-order chi connectivity index (χ0) is 22.9. The molecule has 172 valence electrons. The van der Waals surface area contributed by atoms with Crippen LogP contribution in [0.15, 0.2) is 73.1 Å². The van der Waals surface area contributed by atoms with Gasteiger partial charge in [-0.3, -0.25) is 4.98 Å². The molecule has 2 fully saturated rings. The molecule has 33 heavy (non-hydrogen) atoms. The van der Waals surface area contributed by atoms with E-state index < -0.39 is 12.0 Å². The Kier molecular flexibility index (Phi) is 5.85. The number of ether oxygens (including phenoxy) is 2. The summed E-state index contributed by atoms with van der Waals surface area (Å²) in [5, 5.41) is 3.62. The molecule has 0 aliphatic carbocycles. The summed E-state index contributed by atoms with van der Waals surface area (Å²) in [7, 11) is 0. The monoisotopic (exact) mass is 454 g/mol. The highest BCUT2D eigenvalue weighted by Crippen LogP contribution is 2.50. The molecular weight excluding hydrogens is 429 g/mol. The summed E-state index contributed by atoms with van der Waals surface area (Å²) < 4.78 is 49.6. The first kappa shape index (κ1) is 21.9. The van der Waals surface area contributed by atoms with Crippen LogP contribution in [0.2, 0.25) is 0 Å². The van der Waals surface area contributed by atoms with E-state index in [0.29, 0.717) is 13.0 Å². The van der Waals surface area contributed by atoms with E-state index >= 15 is 0 Å². The highest BCUT2D eigenvalue weighted by Gasteiger charge is 2.49. The maximum atomic E-state index is 12.9. The van der Waals surface area contributed by atoms with Crippen LogP contribution >= 0.6 is 0 Å². The van der Waals surface area contributed by atoms with Crippen molar-refractivity contribution >= 4 is 0 Å². The van der Waals surface area contributed by atoms with Crippen molar-refractivity contribution < 1.29 is 22.6 Å². The van der Waals surface area contributed by atoms with Crippen molar-refractivity contribution in [3.63, 3.8) is 0 Å². The van der Waals surface area contributed by atoms with Gasteiger partial charge in [0, 0.05) is 18.3 Å². The molecule has 0 radical (unpaired) electrons. The summed E-state index contributed by atoms with van der Waals surface area (Å²) >= 11 is 0. The van der Waals surface area contributed by atoms with Crippen molar-refractivity contribution in [2.24, 2.45) is 0 Å². The van der Waals surface area contributed by atoms with Crippen LogP contribution in [0.25, 0.3) is 11.1 Å². The molecule has 1 spiro atoms. The Morgan fingerprint density at radius 1 is 1.03 bits per heavy atom. The predicted octanol–water partition coefficient (Wildman–Crippen LogP) is 6.01. The fraction of sp³-hybridized carbons (Fsp3) is 0.346. The second-order valence-corrected chi connectivity index (χ2v) is 8.71. The van der Waals surface area contributed by atoms with Gasteiger partial charge in [-0.25, -0.2) is 0 Å². The topological polar surface area (TPSA) is 43.4 Å². The number of benzene rings is 2. The lowest BCUT2D eigenvalue weighted by molar-refractivity contribution is -0.274. The number of pyridine rings is 1. The van der Waals surface area contributed by atoms with Gasteiger partial charge < -0.3 is 14.8 Å². The summed E-state index contributed by atoms with van der Waals surface area (Å²) in [5.41, 5.74) is 3.35. The molecule has 1 aromatic heterocycles. The third-order valence-corrected chi connectivity index (χ3v) is 6.64. The summed E-state index contributed by atoms with van der Waals surface area (Å²) in [6, 6.07) is 18.6. The summed E-state index contributed by atoms with van der Waals surface area (Å²) in [6.07, 6.45) is 1.23. The average molecular weight is 454 g/mol. The number of rotatable bonds is 4. The predicted molar refractivity (Wildman–Crippen MR) is 119 cm³/mol. The second-order valence-electron chi connectivity index (χ2n) is 8.71. The fourth-order valence-corrected chi connectivity index (χ4v) is 5.28. The van der Waals surface area contributed by atoms with Crippen molar-refractivity contribution in [3.8, 4) is 16.9 Å². The standard InChI is InChI=1S/C26H25F3N2O2/c27-26(28,29)33-21-7-8-22(18-9-13-30-14-10-18)23(15-21)20-16-25(32-17-20)11-4-12-31-24(25)19-5-2-1-3-6-19/h1-3,5-10,13-15,20,24,31H,4,11-12,16-17H2/t20-,24-,25+/m0/s1. The van der Waals surface area contributed by atoms with Crippen molar-refractivity contribution in [1.82, 2.24) is 10.3 Å². The number of nitrogens with one attached hydrogen (secondary N) is 1. The highest BCUT2D eigenvalue weighted by molar-refractivity contribution is 5.69. The van der Waals surface area contributed by atoms with Gasteiger partial charge in [0.1, 0.15) is 5.75 Å². The fourth-order valence-electron chi connectivity index (χ4n) is 5.28. The van der Waals surface area contributed by atoms with E-state index in [9.17, 15) is 13.2 Å². The summed E-state index contributed by atoms with van der Waals surface area (Å²) in [6.45, 7) is 1.35. The number of alkyl halides is 3. The maximum Gasteiger partial charge on any atom is 0.573 e. The van der Waals surface area contributed by atoms with E-state index in [4.69, 9.17) is 4.74 Å². The number of aromatic nitrogens is 1. The van der Waals surface area contributed by atoms with E-state index in [1.807, 2.05) is 30.3 Å². The molecule has 3 atom stereocenters. The lowest BCUT2D eigenvalue weighted by Crippen LogP contribution is -2.48. The first-order valence-electron chi connectivity index (χ1n) is 11.2. The Morgan fingerprint density at radius 3 is 2.58 bits per heavy atom. The molecule has 2 aliphatic rings. The molecular formula is C26H25F3N2O2. The Bertz CT molecular complexity index is 1090. The van der Waals surface area contributed by atoms with Crippen molar-refractivity contribution in [1.29, 1.82) is 0 Å². The van der Waals surface area contributed by atoms with Gasteiger partial charge in [-0.1, -0.05) is 36.4 Å². The van der Waals surface area contributed by atoms with Gasteiger partial charge in [0.05, 0.1) is 18.2 Å². The number of nitrogens with zero attached hydrogens (tertiary/aromatic N) is 1. The largest absolute Gasteiger partial charge is 0.573 e. The van der Waals surface area contributed by atoms with E-state index in [1.165, 1.54) is 17.7 Å². The third kappa shape index (κ3) is 4.61. The Labute approximate surface area is 190 Å². The lowest BCUT2D eigenvalue weighted by Gasteiger charge is -2.41. The zero-order valence-electron chi connectivity index (χ0n) is 18.0. The first-order valence-corrected chi connectivity index (χ1v) is 11.2. The van der Waals surface area contributed by atoms with Crippen molar-refractivity contribution in [2.45, 2.75) is 43.2 Å². The SMILES string of the molecule is FC(F)(F)Oc1ccc(-c2ccncc2)c([C@@H]2CO[C@]3(CCCN[C@H]3c3ccccc3)C2)c1. The van der Waals surface area contributed by atoms with Gasteiger partial charge in [-0.15, -0.1) is 13.2 Å². The minimum Gasteiger partial charge on any atom is -0.406 e. The number of hydrogen-bond donors (Lipinski definition) is 1. The third-order valence-electron chi connectivity index (χ3n) is 6.64. The molecule has 0 unspecified atom stereocenters. The van der Waals surface area contributed by atoms with Crippen molar-refractivity contribution in [3.05, 3.63) is 84.2 Å². The molecule has 0 bridgehead atoms. The average Bonchev–Trinajstić information content (AvgIpc) is 3.23. The van der Waals surface area contributed by atoms with Crippen LogP contribution < -0.4 is 10.1 Å². The van der Waals surface area contributed by atoms with Crippen LogP contribution in [0.4, 0.5) is 13.2 Å². The van der Waals surface area contributed by atoms with Gasteiger partial charge in [-0.2, -0.15) is 0 Å². The molecule has 2 aliphatic heterocycles. The van der Waals surface area contributed by atoms with E-state index in [0.717, 1.165) is 36.1 Å². The Hall–Kier alpha value is -2.90. The molecule has 4 nitrogen and oxygen atoms in total. The smallest absolute Gasteiger partial charge is 0.406 e. The molecule has 1 N–H and O–H groups in total. The quantitative estimate of drug-likeness (QED) is 0.524. The molecule has 2 aromatic carbocycles. The molecule has 3 heterocycles. The van der Waals surface area contributed by atoms with Crippen LogP contribution in [0.1, 0.15) is 42.3 Å². The number of halogens is 3. The molecule has 3 aromatic rings. The maximum absolute atomic E-state index is 12.9. The Balaban J connectivity index is 1.51. The van der Waals surface area contributed by atoms with Gasteiger partial charge >= 0.3 is 6.36 Å². The second kappa shape index (κ2) is 8.80. The lowest BCUT2D eigenvalue weighted by atomic mass is 9.76. The minimum absolute atomic E-state index is 0.0384. The van der Waals surface area contributed by atoms with Crippen LogP contribution in [0, 0.1) is 0 Å². The zero-order valence-corrected chi connectivity index (χ0v) is 18.0. The number of hydrogen-bond acceptors (Lipinski definition) is 4. The molecule has 7 heteroatoms. The van der Waals surface area contributed by atoms with Crippen LogP contribution in [-0.4, -0.2) is 30.1 Å². The molecule has 2 saturated heterocycles. The molecule has 5 rings (SSSR count). The highest BCUT2D eigenvalue weighted by atomic mass is 19.4. The summed E-state index contributed by atoms with van der Waals surface area (Å²) in [4.78, 5) is 4.07.